The average Bonchev–Trinajstić information content (AvgIpc) is 2.57. The van der Waals surface area contributed by atoms with Crippen LogP contribution in [0.5, 0.6) is 0 Å². The van der Waals surface area contributed by atoms with Gasteiger partial charge in [-0.3, -0.25) is 4.99 Å². The topological polar surface area (TPSA) is 24.4 Å². The highest BCUT2D eigenvalue weighted by molar-refractivity contribution is 8.14. The molecule has 0 bridgehead atoms. The van der Waals surface area contributed by atoms with Crippen LogP contribution in [0.1, 0.15) is 39.5 Å². The van der Waals surface area contributed by atoms with Crippen molar-refractivity contribution in [1.82, 2.24) is 5.32 Å². The smallest absolute Gasteiger partial charge is 0.156 e. The minimum absolute atomic E-state index is 0.593. The molecule has 1 atom stereocenters. The van der Waals surface area contributed by atoms with Gasteiger partial charge in [-0.15, -0.1) is 0 Å². The summed E-state index contributed by atoms with van der Waals surface area (Å²) in [6.45, 7) is 5.49. The Morgan fingerprint density at radius 2 is 2.38 bits per heavy atom. The van der Waals surface area contributed by atoms with Crippen LogP contribution in [0, 0.1) is 0 Å². The highest BCUT2D eigenvalue weighted by atomic mass is 32.2. The van der Waals surface area contributed by atoms with Gasteiger partial charge in [-0.25, -0.2) is 0 Å². The molecule has 1 heterocycles. The summed E-state index contributed by atoms with van der Waals surface area (Å²) in [6.07, 6.45) is 5.27. The lowest BCUT2D eigenvalue weighted by molar-refractivity contribution is 0.557. The van der Waals surface area contributed by atoms with Crippen molar-refractivity contribution in [3.8, 4) is 0 Å². The van der Waals surface area contributed by atoms with E-state index in [1.807, 2.05) is 11.8 Å². The molecule has 76 valence electrons. The van der Waals surface area contributed by atoms with Crippen LogP contribution in [0.25, 0.3) is 0 Å². The summed E-state index contributed by atoms with van der Waals surface area (Å²) in [4.78, 5) is 4.37. The largest absolute Gasteiger partial charge is 0.362 e. The maximum absolute atomic E-state index is 4.37. The molecule has 0 aliphatic carbocycles. The van der Waals surface area contributed by atoms with Crippen molar-refractivity contribution in [2.45, 2.75) is 45.6 Å². The van der Waals surface area contributed by atoms with E-state index >= 15 is 0 Å². The number of unbranched alkanes of at least 4 members (excludes halogenated alkanes) is 2. The lowest BCUT2D eigenvalue weighted by Crippen LogP contribution is -2.29. The standard InChI is InChI=1S/C10H20N2S/c1-3-4-5-6-9(2)12-10-11-7-8-13-10/h9H,3-8H2,1-2H3,(H,11,12). The molecule has 0 aromatic heterocycles. The molecule has 1 aliphatic rings. The van der Waals surface area contributed by atoms with Crippen LogP contribution in [0.2, 0.25) is 0 Å². The van der Waals surface area contributed by atoms with Crippen molar-refractivity contribution in [3.63, 3.8) is 0 Å². The Morgan fingerprint density at radius 3 is 3.00 bits per heavy atom. The lowest BCUT2D eigenvalue weighted by atomic mass is 10.1. The van der Waals surface area contributed by atoms with Crippen LogP contribution < -0.4 is 5.32 Å². The molecule has 0 radical (unpaired) electrons. The van der Waals surface area contributed by atoms with E-state index in [-0.39, 0.29) is 0 Å². The van der Waals surface area contributed by atoms with Crippen LogP contribution in [-0.2, 0) is 0 Å². The van der Waals surface area contributed by atoms with Crippen LogP contribution in [0.3, 0.4) is 0 Å². The molecule has 0 saturated carbocycles. The summed E-state index contributed by atoms with van der Waals surface area (Å²) in [6, 6.07) is 0.593. The van der Waals surface area contributed by atoms with Crippen LogP contribution >= 0.6 is 11.8 Å². The molecule has 1 N–H and O–H groups in total. The normalized spacial score (nSPS) is 18.5. The maximum Gasteiger partial charge on any atom is 0.156 e. The Kier molecular flexibility index (Phi) is 5.28. The maximum atomic E-state index is 4.37. The first-order valence-electron chi connectivity index (χ1n) is 5.26. The summed E-state index contributed by atoms with van der Waals surface area (Å²) >= 11 is 1.85. The monoisotopic (exact) mass is 200 g/mol. The van der Waals surface area contributed by atoms with Crippen molar-refractivity contribution in [3.05, 3.63) is 0 Å². The molecule has 1 unspecified atom stereocenters. The summed E-state index contributed by atoms with van der Waals surface area (Å²) in [5.41, 5.74) is 0. The number of aliphatic imine (C=N–C) groups is 1. The predicted molar refractivity (Wildman–Crippen MR) is 61.5 cm³/mol. The van der Waals surface area contributed by atoms with Gasteiger partial charge in [0.05, 0.1) is 6.54 Å². The third kappa shape index (κ3) is 4.55. The molecule has 0 amide bonds. The highest BCUT2D eigenvalue weighted by Gasteiger charge is 2.09. The van der Waals surface area contributed by atoms with Gasteiger partial charge in [0, 0.05) is 11.8 Å². The van der Waals surface area contributed by atoms with Crippen LogP contribution in [0.4, 0.5) is 0 Å². The Hall–Kier alpha value is -0.180. The number of hydrogen-bond donors (Lipinski definition) is 1. The Labute approximate surface area is 85.6 Å². The van der Waals surface area contributed by atoms with E-state index < -0.39 is 0 Å². The van der Waals surface area contributed by atoms with Gasteiger partial charge in [0.2, 0.25) is 0 Å². The molecule has 1 rings (SSSR count). The minimum atomic E-state index is 0.593. The molecule has 2 nitrogen and oxygen atoms in total. The van der Waals surface area contributed by atoms with Crippen LogP contribution in [-0.4, -0.2) is 23.5 Å². The highest BCUT2D eigenvalue weighted by Crippen LogP contribution is 2.11. The van der Waals surface area contributed by atoms with E-state index in [0.29, 0.717) is 6.04 Å². The number of nitrogens with zero attached hydrogens (tertiary/aromatic N) is 1. The molecule has 1 aliphatic heterocycles. The molecule has 0 spiro atoms. The Morgan fingerprint density at radius 1 is 1.54 bits per heavy atom. The molecule has 0 saturated heterocycles. The first kappa shape index (κ1) is 10.9. The fourth-order valence-corrected chi connectivity index (χ4v) is 2.25. The molecule has 0 aromatic carbocycles. The fraction of sp³-hybridized carbons (Fsp3) is 0.900. The summed E-state index contributed by atoms with van der Waals surface area (Å²) < 4.78 is 0. The zero-order valence-corrected chi connectivity index (χ0v) is 9.49. The number of amidine groups is 1. The van der Waals surface area contributed by atoms with Gasteiger partial charge in [-0.05, 0) is 13.3 Å². The lowest BCUT2D eigenvalue weighted by Gasteiger charge is -2.13. The predicted octanol–water partition coefficient (Wildman–Crippen LogP) is 2.65. The van der Waals surface area contributed by atoms with Crippen molar-refractivity contribution >= 4 is 16.9 Å². The fourth-order valence-electron chi connectivity index (χ4n) is 1.41. The Bertz CT molecular complexity index is 168. The quantitative estimate of drug-likeness (QED) is 0.690. The minimum Gasteiger partial charge on any atom is -0.362 e. The molecule has 3 heteroatoms. The van der Waals surface area contributed by atoms with Crippen molar-refractivity contribution in [1.29, 1.82) is 0 Å². The van der Waals surface area contributed by atoms with Crippen molar-refractivity contribution < 1.29 is 0 Å². The van der Waals surface area contributed by atoms with Gasteiger partial charge in [-0.2, -0.15) is 0 Å². The SMILES string of the molecule is CCCCCC(C)NC1=NCCS1. The summed E-state index contributed by atoms with van der Waals surface area (Å²) in [7, 11) is 0. The number of nitrogens with one attached hydrogen (secondary N) is 1. The second-order valence-electron chi connectivity index (χ2n) is 3.58. The van der Waals surface area contributed by atoms with E-state index in [1.165, 1.54) is 25.7 Å². The van der Waals surface area contributed by atoms with E-state index in [1.54, 1.807) is 0 Å². The molecular formula is C10H20N2S. The molecule has 0 fully saturated rings. The Balaban J connectivity index is 2.06. The zero-order valence-electron chi connectivity index (χ0n) is 8.68. The van der Waals surface area contributed by atoms with Crippen LogP contribution in [0.15, 0.2) is 4.99 Å². The first-order chi connectivity index (χ1) is 6.33. The van der Waals surface area contributed by atoms with Crippen molar-refractivity contribution in [2.75, 3.05) is 12.3 Å². The van der Waals surface area contributed by atoms with Gasteiger partial charge in [-0.1, -0.05) is 37.9 Å². The number of rotatable bonds is 5. The van der Waals surface area contributed by atoms with Gasteiger partial charge in [0.1, 0.15) is 0 Å². The summed E-state index contributed by atoms with van der Waals surface area (Å²) in [5, 5.41) is 4.61. The average molecular weight is 200 g/mol. The second-order valence-corrected chi connectivity index (χ2v) is 4.66. The molecule has 13 heavy (non-hydrogen) atoms. The summed E-state index contributed by atoms with van der Waals surface area (Å²) in [5.74, 6) is 1.16. The van der Waals surface area contributed by atoms with Crippen molar-refractivity contribution in [2.24, 2.45) is 4.99 Å². The van der Waals surface area contributed by atoms with E-state index in [2.05, 4.69) is 24.2 Å². The van der Waals surface area contributed by atoms with E-state index in [9.17, 15) is 0 Å². The molecule has 0 aromatic rings. The second kappa shape index (κ2) is 6.30. The van der Waals surface area contributed by atoms with Gasteiger partial charge in [0.25, 0.3) is 0 Å². The number of thioether (sulfide) groups is 1. The van der Waals surface area contributed by atoms with Gasteiger partial charge < -0.3 is 5.32 Å². The third-order valence-electron chi connectivity index (χ3n) is 2.20. The zero-order chi connectivity index (χ0) is 9.52. The molecular weight excluding hydrogens is 180 g/mol. The third-order valence-corrected chi connectivity index (χ3v) is 3.10. The van der Waals surface area contributed by atoms with E-state index in [0.717, 1.165) is 17.5 Å². The van der Waals surface area contributed by atoms with E-state index in [4.69, 9.17) is 0 Å². The van der Waals surface area contributed by atoms with Gasteiger partial charge >= 0.3 is 0 Å². The number of hydrogen-bond acceptors (Lipinski definition) is 3. The van der Waals surface area contributed by atoms with Gasteiger partial charge in [0.15, 0.2) is 5.17 Å². The first-order valence-corrected chi connectivity index (χ1v) is 6.25.